The van der Waals surface area contributed by atoms with Crippen LogP contribution in [0.2, 0.25) is 0 Å². The van der Waals surface area contributed by atoms with Crippen LogP contribution in [-0.2, 0) is 0 Å². The van der Waals surface area contributed by atoms with E-state index in [1.54, 1.807) is 0 Å². The second-order valence-corrected chi connectivity index (χ2v) is 6.89. The van der Waals surface area contributed by atoms with Gasteiger partial charge in [0, 0.05) is 25.3 Å². The van der Waals surface area contributed by atoms with Gasteiger partial charge < -0.3 is 10.2 Å². The Hall–Kier alpha value is -1.51. The maximum atomic E-state index is 12.9. The standard InChI is InChI=1S/C18H28N2O/c1-5-19-16-13-14(2)7-8-15(16)17(21)20-11-6-9-18(3,4)10-12-20/h7-8,13,19H,5-6,9-12H2,1-4H3. The predicted octanol–water partition coefficient (Wildman–Crippen LogP) is 4.08. The lowest BCUT2D eigenvalue weighted by molar-refractivity contribution is 0.0758. The van der Waals surface area contributed by atoms with Crippen molar-refractivity contribution in [3.8, 4) is 0 Å². The van der Waals surface area contributed by atoms with Gasteiger partial charge in [-0.25, -0.2) is 0 Å². The number of hydrogen-bond donors (Lipinski definition) is 1. The summed E-state index contributed by atoms with van der Waals surface area (Å²) in [5.41, 5.74) is 3.31. The molecule has 0 radical (unpaired) electrons. The van der Waals surface area contributed by atoms with Gasteiger partial charge in [0.15, 0.2) is 0 Å². The lowest BCUT2D eigenvalue weighted by Crippen LogP contribution is -2.33. The van der Waals surface area contributed by atoms with Crippen molar-refractivity contribution < 1.29 is 4.79 Å². The molecule has 0 atom stereocenters. The van der Waals surface area contributed by atoms with E-state index in [0.29, 0.717) is 5.41 Å². The van der Waals surface area contributed by atoms with E-state index >= 15 is 0 Å². The molecular formula is C18H28N2O. The van der Waals surface area contributed by atoms with Crippen LogP contribution in [0, 0.1) is 12.3 Å². The number of likely N-dealkylation sites (tertiary alicyclic amines) is 1. The van der Waals surface area contributed by atoms with Crippen LogP contribution >= 0.6 is 0 Å². The number of hydrogen-bond acceptors (Lipinski definition) is 2. The Morgan fingerprint density at radius 2 is 2.05 bits per heavy atom. The van der Waals surface area contributed by atoms with Gasteiger partial charge >= 0.3 is 0 Å². The molecule has 21 heavy (non-hydrogen) atoms. The monoisotopic (exact) mass is 288 g/mol. The quantitative estimate of drug-likeness (QED) is 0.909. The first-order chi connectivity index (χ1) is 9.93. The highest BCUT2D eigenvalue weighted by atomic mass is 16.2. The largest absolute Gasteiger partial charge is 0.385 e. The summed E-state index contributed by atoms with van der Waals surface area (Å²) >= 11 is 0. The SMILES string of the molecule is CCNc1cc(C)ccc1C(=O)N1CCCC(C)(C)CC1. The summed E-state index contributed by atoms with van der Waals surface area (Å²) in [5, 5.41) is 3.32. The van der Waals surface area contributed by atoms with Crippen LogP contribution in [0.25, 0.3) is 0 Å². The van der Waals surface area contributed by atoms with Gasteiger partial charge in [-0.1, -0.05) is 19.9 Å². The molecule has 3 heteroatoms. The summed E-state index contributed by atoms with van der Waals surface area (Å²) in [7, 11) is 0. The summed E-state index contributed by atoms with van der Waals surface area (Å²) in [6, 6.07) is 6.06. The van der Waals surface area contributed by atoms with Gasteiger partial charge in [-0.05, 0) is 56.2 Å². The number of rotatable bonds is 3. The molecule has 0 aliphatic carbocycles. The highest BCUT2D eigenvalue weighted by Crippen LogP contribution is 2.31. The van der Waals surface area contributed by atoms with E-state index in [4.69, 9.17) is 0 Å². The first kappa shape index (κ1) is 15.9. The summed E-state index contributed by atoms with van der Waals surface area (Å²) in [6.45, 7) is 11.3. The number of nitrogens with zero attached hydrogens (tertiary/aromatic N) is 1. The molecule has 1 aromatic carbocycles. The molecule has 0 spiro atoms. The predicted molar refractivity (Wildman–Crippen MR) is 88.9 cm³/mol. The fraction of sp³-hybridized carbons (Fsp3) is 0.611. The molecule has 0 bridgehead atoms. The Morgan fingerprint density at radius 1 is 1.29 bits per heavy atom. The number of anilines is 1. The van der Waals surface area contributed by atoms with Crippen molar-refractivity contribution in [1.29, 1.82) is 0 Å². The van der Waals surface area contributed by atoms with Crippen molar-refractivity contribution in [3.63, 3.8) is 0 Å². The lowest BCUT2D eigenvalue weighted by Gasteiger charge is -2.24. The summed E-state index contributed by atoms with van der Waals surface area (Å²) in [6.07, 6.45) is 3.38. The molecule has 0 aromatic heterocycles. The smallest absolute Gasteiger partial charge is 0.255 e. The third-order valence-electron chi connectivity index (χ3n) is 4.40. The minimum atomic E-state index is 0.170. The van der Waals surface area contributed by atoms with Crippen molar-refractivity contribution in [2.24, 2.45) is 5.41 Å². The second kappa shape index (κ2) is 6.50. The van der Waals surface area contributed by atoms with Crippen LogP contribution in [0.3, 0.4) is 0 Å². The van der Waals surface area contributed by atoms with E-state index in [-0.39, 0.29) is 5.91 Å². The molecule has 1 aliphatic heterocycles. The molecule has 0 unspecified atom stereocenters. The molecule has 0 saturated carbocycles. The third kappa shape index (κ3) is 3.99. The highest BCUT2D eigenvalue weighted by molar-refractivity contribution is 5.99. The zero-order valence-corrected chi connectivity index (χ0v) is 13.8. The molecule has 1 heterocycles. The number of amides is 1. The number of carbonyl (C=O) groups is 1. The van der Waals surface area contributed by atoms with Crippen LogP contribution < -0.4 is 5.32 Å². The average molecular weight is 288 g/mol. The topological polar surface area (TPSA) is 32.3 Å². The molecule has 1 aromatic rings. The minimum Gasteiger partial charge on any atom is -0.385 e. The van der Waals surface area contributed by atoms with Crippen LogP contribution in [0.4, 0.5) is 5.69 Å². The number of aryl methyl sites for hydroxylation is 1. The van der Waals surface area contributed by atoms with E-state index in [1.807, 2.05) is 17.0 Å². The summed E-state index contributed by atoms with van der Waals surface area (Å²) in [5.74, 6) is 0.170. The number of benzene rings is 1. The van der Waals surface area contributed by atoms with Gasteiger partial charge in [-0.15, -0.1) is 0 Å². The second-order valence-electron chi connectivity index (χ2n) is 6.89. The Morgan fingerprint density at radius 3 is 2.76 bits per heavy atom. The molecule has 1 N–H and O–H groups in total. The van der Waals surface area contributed by atoms with Crippen molar-refractivity contribution in [2.45, 2.75) is 47.0 Å². The lowest BCUT2D eigenvalue weighted by atomic mass is 9.85. The number of carbonyl (C=O) groups excluding carboxylic acids is 1. The van der Waals surface area contributed by atoms with Gasteiger partial charge in [0.25, 0.3) is 5.91 Å². The van der Waals surface area contributed by atoms with Gasteiger partial charge in [0.2, 0.25) is 0 Å². The Bertz CT molecular complexity index is 508. The van der Waals surface area contributed by atoms with Gasteiger partial charge in [-0.2, -0.15) is 0 Å². The first-order valence-corrected chi connectivity index (χ1v) is 8.07. The molecule has 116 valence electrons. The molecule has 1 aliphatic rings. The molecular weight excluding hydrogens is 260 g/mol. The molecule has 1 fully saturated rings. The zero-order valence-electron chi connectivity index (χ0n) is 13.8. The molecule has 2 rings (SSSR count). The Labute approximate surface area is 128 Å². The van der Waals surface area contributed by atoms with Crippen molar-refractivity contribution in [1.82, 2.24) is 4.90 Å². The van der Waals surface area contributed by atoms with Crippen LogP contribution in [-0.4, -0.2) is 30.4 Å². The molecule has 1 amide bonds. The fourth-order valence-corrected chi connectivity index (χ4v) is 2.98. The molecule has 1 saturated heterocycles. The van der Waals surface area contributed by atoms with Crippen LogP contribution in [0.1, 0.15) is 56.0 Å². The normalized spacial score (nSPS) is 18.2. The summed E-state index contributed by atoms with van der Waals surface area (Å²) < 4.78 is 0. The van der Waals surface area contributed by atoms with E-state index in [1.165, 1.54) is 12.0 Å². The minimum absolute atomic E-state index is 0.170. The van der Waals surface area contributed by atoms with E-state index in [2.05, 4.69) is 39.1 Å². The Kier molecular flexibility index (Phi) is 4.92. The maximum Gasteiger partial charge on any atom is 0.255 e. The first-order valence-electron chi connectivity index (χ1n) is 8.07. The highest BCUT2D eigenvalue weighted by Gasteiger charge is 2.26. The van der Waals surface area contributed by atoms with Crippen molar-refractivity contribution >= 4 is 11.6 Å². The van der Waals surface area contributed by atoms with E-state index in [9.17, 15) is 4.79 Å². The van der Waals surface area contributed by atoms with Crippen LogP contribution in [0.5, 0.6) is 0 Å². The Balaban J connectivity index is 2.19. The van der Waals surface area contributed by atoms with Gasteiger partial charge in [-0.3, -0.25) is 4.79 Å². The van der Waals surface area contributed by atoms with Gasteiger partial charge in [0.1, 0.15) is 0 Å². The van der Waals surface area contributed by atoms with Crippen LogP contribution in [0.15, 0.2) is 18.2 Å². The van der Waals surface area contributed by atoms with Crippen molar-refractivity contribution in [3.05, 3.63) is 29.3 Å². The van der Waals surface area contributed by atoms with E-state index < -0.39 is 0 Å². The summed E-state index contributed by atoms with van der Waals surface area (Å²) in [4.78, 5) is 14.9. The molecule has 3 nitrogen and oxygen atoms in total. The fourth-order valence-electron chi connectivity index (χ4n) is 2.98. The average Bonchev–Trinajstić information content (AvgIpc) is 2.60. The maximum absolute atomic E-state index is 12.9. The zero-order chi connectivity index (χ0) is 15.5. The van der Waals surface area contributed by atoms with Crippen molar-refractivity contribution in [2.75, 3.05) is 25.0 Å². The van der Waals surface area contributed by atoms with E-state index in [0.717, 1.165) is 43.7 Å². The van der Waals surface area contributed by atoms with Gasteiger partial charge in [0.05, 0.1) is 5.56 Å². The third-order valence-corrected chi connectivity index (χ3v) is 4.40. The number of nitrogens with one attached hydrogen (secondary N) is 1.